The molecular weight excluding hydrogens is 218 g/mol. The van der Waals surface area contributed by atoms with Crippen molar-refractivity contribution < 1.29 is 4.79 Å². The van der Waals surface area contributed by atoms with Gasteiger partial charge in [0.15, 0.2) is 0 Å². The summed E-state index contributed by atoms with van der Waals surface area (Å²) in [5.41, 5.74) is 0. The van der Waals surface area contributed by atoms with Crippen LogP contribution in [-0.4, -0.2) is 33.0 Å². The zero-order valence-electron chi connectivity index (χ0n) is 10.3. The Morgan fingerprint density at radius 1 is 1.65 bits per heavy atom. The molecule has 1 aliphatic rings. The third kappa shape index (κ3) is 3.18. The number of carbonyl (C=O) groups excluding carboxylic acids is 1. The Bertz CT molecular complexity index is 385. The second-order valence-electron chi connectivity index (χ2n) is 4.49. The standard InChI is InChI=1S/C11H19N5O/c1-3-6-16-10(7-12-15-16)13-8(2)11(17)14-9-4-5-9/h7-9,13H,3-6H2,1-2H3,(H,14,17). The molecule has 1 unspecified atom stereocenters. The molecule has 1 saturated carbocycles. The number of hydrogen-bond acceptors (Lipinski definition) is 4. The monoisotopic (exact) mass is 237 g/mol. The van der Waals surface area contributed by atoms with E-state index < -0.39 is 0 Å². The van der Waals surface area contributed by atoms with Crippen molar-refractivity contribution in [2.24, 2.45) is 0 Å². The summed E-state index contributed by atoms with van der Waals surface area (Å²) >= 11 is 0. The third-order valence-corrected chi connectivity index (χ3v) is 2.73. The van der Waals surface area contributed by atoms with E-state index in [4.69, 9.17) is 0 Å². The maximum Gasteiger partial charge on any atom is 0.242 e. The Balaban J connectivity index is 1.89. The van der Waals surface area contributed by atoms with Gasteiger partial charge in [-0.3, -0.25) is 4.79 Å². The molecule has 0 saturated heterocycles. The van der Waals surface area contributed by atoms with Crippen LogP contribution >= 0.6 is 0 Å². The molecule has 1 fully saturated rings. The molecule has 1 heterocycles. The first kappa shape index (κ1) is 11.9. The Hall–Kier alpha value is -1.59. The number of nitrogens with zero attached hydrogens (tertiary/aromatic N) is 3. The minimum atomic E-state index is -0.260. The molecule has 94 valence electrons. The molecule has 2 rings (SSSR count). The van der Waals surface area contributed by atoms with Gasteiger partial charge in [0.05, 0.1) is 6.20 Å². The van der Waals surface area contributed by atoms with E-state index in [0.717, 1.165) is 31.6 Å². The van der Waals surface area contributed by atoms with Crippen LogP contribution in [0.3, 0.4) is 0 Å². The highest BCUT2D eigenvalue weighted by atomic mass is 16.2. The van der Waals surface area contributed by atoms with E-state index in [1.807, 2.05) is 6.92 Å². The summed E-state index contributed by atoms with van der Waals surface area (Å²) in [5.74, 6) is 0.835. The lowest BCUT2D eigenvalue weighted by Gasteiger charge is -2.15. The normalized spacial score (nSPS) is 16.6. The fourth-order valence-electron chi connectivity index (χ4n) is 1.59. The molecule has 6 nitrogen and oxygen atoms in total. The maximum absolute atomic E-state index is 11.8. The highest BCUT2D eigenvalue weighted by molar-refractivity contribution is 5.84. The molecule has 1 aliphatic carbocycles. The Labute approximate surface area is 101 Å². The Morgan fingerprint density at radius 3 is 3.06 bits per heavy atom. The van der Waals surface area contributed by atoms with Crippen molar-refractivity contribution in [3.8, 4) is 0 Å². The van der Waals surface area contributed by atoms with Crippen LogP contribution in [-0.2, 0) is 11.3 Å². The summed E-state index contributed by atoms with van der Waals surface area (Å²) in [5, 5.41) is 13.9. The number of aromatic nitrogens is 3. The SMILES string of the molecule is CCCn1nncc1NC(C)C(=O)NC1CC1. The lowest BCUT2D eigenvalue weighted by atomic mass is 10.3. The molecule has 1 amide bonds. The summed E-state index contributed by atoms with van der Waals surface area (Å²) in [6, 6.07) is 0.134. The Morgan fingerprint density at radius 2 is 2.41 bits per heavy atom. The predicted molar refractivity (Wildman–Crippen MR) is 64.6 cm³/mol. The maximum atomic E-state index is 11.8. The van der Waals surface area contributed by atoms with Crippen LogP contribution in [0.4, 0.5) is 5.82 Å². The number of amides is 1. The van der Waals surface area contributed by atoms with E-state index in [2.05, 4.69) is 27.9 Å². The molecule has 2 N–H and O–H groups in total. The van der Waals surface area contributed by atoms with E-state index in [1.54, 1.807) is 10.9 Å². The smallest absolute Gasteiger partial charge is 0.242 e. The van der Waals surface area contributed by atoms with E-state index >= 15 is 0 Å². The molecule has 1 atom stereocenters. The van der Waals surface area contributed by atoms with E-state index in [-0.39, 0.29) is 11.9 Å². The lowest BCUT2D eigenvalue weighted by Crippen LogP contribution is -2.39. The average molecular weight is 237 g/mol. The van der Waals surface area contributed by atoms with Gasteiger partial charge in [-0.15, -0.1) is 5.10 Å². The number of carbonyl (C=O) groups is 1. The van der Waals surface area contributed by atoms with Crippen molar-refractivity contribution in [2.45, 2.75) is 51.7 Å². The zero-order chi connectivity index (χ0) is 12.3. The van der Waals surface area contributed by atoms with E-state index in [9.17, 15) is 4.79 Å². The van der Waals surface area contributed by atoms with Crippen LogP contribution in [0.2, 0.25) is 0 Å². The first-order valence-corrected chi connectivity index (χ1v) is 6.16. The summed E-state index contributed by atoms with van der Waals surface area (Å²) in [6.07, 6.45) is 4.85. The highest BCUT2D eigenvalue weighted by Crippen LogP contribution is 2.18. The number of hydrogen-bond donors (Lipinski definition) is 2. The first-order valence-electron chi connectivity index (χ1n) is 6.16. The average Bonchev–Trinajstić information content (AvgIpc) is 3.01. The first-order chi connectivity index (χ1) is 8.20. The molecule has 17 heavy (non-hydrogen) atoms. The molecule has 1 aromatic rings. The van der Waals surface area contributed by atoms with Crippen molar-refractivity contribution in [3.05, 3.63) is 6.20 Å². The van der Waals surface area contributed by atoms with Crippen LogP contribution in [0.25, 0.3) is 0 Å². The third-order valence-electron chi connectivity index (χ3n) is 2.73. The van der Waals surface area contributed by atoms with Gasteiger partial charge >= 0.3 is 0 Å². The predicted octanol–water partition coefficient (Wildman–Crippen LogP) is 0.767. The lowest BCUT2D eigenvalue weighted by molar-refractivity contribution is -0.121. The van der Waals surface area contributed by atoms with Gasteiger partial charge in [-0.1, -0.05) is 12.1 Å². The molecule has 0 radical (unpaired) electrons. The van der Waals surface area contributed by atoms with Gasteiger partial charge in [0, 0.05) is 12.6 Å². The van der Waals surface area contributed by atoms with Crippen molar-refractivity contribution in [2.75, 3.05) is 5.32 Å². The topological polar surface area (TPSA) is 71.8 Å². The van der Waals surface area contributed by atoms with Gasteiger partial charge in [0.2, 0.25) is 5.91 Å². The molecule has 0 bridgehead atoms. The van der Waals surface area contributed by atoms with Gasteiger partial charge in [-0.2, -0.15) is 0 Å². The van der Waals surface area contributed by atoms with Gasteiger partial charge in [-0.25, -0.2) is 4.68 Å². The second kappa shape index (κ2) is 5.16. The second-order valence-corrected chi connectivity index (χ2v) is 4.49. The van der Waals surface area contributed by atoms with Crippen LogP contribution in [0, 0.1) is 0 Å². The fourth-order valence-corrected chi connectivity index (χ4v) is 1.59. The van der Waals surface area contributed by atoms with Crippen molar-refractivity contribution in [1.82, 2.24) is 20.3 Å². The minimum absolute atomic E-state index is 0.0387. The quantitative estimate of drug-likeness (QED) is 0.766. The molecule has 0 aromatic carbocycles. The van der Waals surface area contributed by atoms with Gasteiger partial charge in [0.1, 0.15) is 11.9 Å². The van der Waals surface area contributed by atoms with Crippen molar-refractivity contribution in [1.29, 1.82) is 0 Å². The van der Waals surface area contributed by atoms with Gasteiger partial charge < -0.3 is 10.6 Å². The molecule has 1 aromatic heterocycles. The summed E-state index contributed by atoms with van der Waals surface area (Å²) < 4.78 is 1.78. The molecular formula is C11H19N5O. The highest BCUT2D eigenvalue weighted by Gasteiger charge is 2.25. The van der Waals surface area contributed by atoms with Crippen molar-refractivity contribution in [3.63, 3.8) is 0 Å². The van der Waals surface area contributed by atoms with Crippen LogP contribution in [0.5, 0.6) is 0 Å². The summed E-state index contributed by atoms with van der Waals surface area (Å²) in [7, 11) is 0. The van der Waals surface area contributed by atoms with Gasteiger partial charge in [0.25, 0.3) is 0 Å². The summed E-state index contributed by atoms with van der Waals surface area (Å²) in [4.78, 5) is 11.8. The van der Waals surface area contributed by atoms with E-state index in [1.165, 1.54) is 0 Å². The van der Waals surface area contributed by atoms with Gasteiger partial charge in [-0.05, 0) is 26.2 Å². The number of nitrogens with one attached hydrogen (secondary N) is 2. The molecule has 6 heteroatoms. The van der Waals surface area contributed by atoms with Crippen molar-refractivity contribution >= 4 is 11.7 Å². The minimum Gasteiger partial charge on any atom is -0.357 e. The molecule has 0 spiro atoms. The van der Waals surface area contributed by atoms with Crippen LogP contribution < -0.4 is 10.6 Å². The fraction of sp³-hybridized carbons (Fsp3) is 0.727. The number of rotatable bonds is 6. The van der Waals surface area contributed by atoms with Crippen LogP contribution in [0.1, 0.15) is 33.1 Å². The number of aryl methyl sites for hydroxylation is 1. The molecule has 0 aliphatic heterocycles. The van der Waals surface area contributed by atoms with Crippen LogP contribution in [0.15, 0.2) is 6.20 Å². The summed E-state index contributed by atoms with van der Waals surface area (Å²) in [6.45, 7) is 4.73. The largest absolute Gasteiger partial charge is 0.357 e. The zero-order valence-corrected chi connectivity index (χ0v) is 10.3. The Kier molecular flexibility index (Phi) is 3.61. The number of anilines is 1. The van der Waals surface area contributed by atoms with E-state index in [0.29, 0.717) is 6.04 Å².